The third-order valence-corrected chi connectivity index (χ3v) is 4.25. The molecule has 3 atom stereocenters. The van der Waals surface area contributed by atoms with E-state index >= 15 is 0 Å². The molecule has 0 saturated carbocycles. The molecular weight excluding hydrogens is 252 g/mol. The molecule has 1 N–H and O–H groups in total. The van der Waals surface area contributed by atoms with Crippen molar-refractivity contribution < 1.29 is 9.59 Å². The second-order valence-electron chi connectivity index (χ2n) is 5.84. The monoisotopic (exact) mass is 282 g/mol. The quantitative estimate of drug-likeness (QED) is 0.696. The van der Waals surface area contributed by atoms with Crippen molar-refractivity contribution in [3.8, 4) is 0 Å². The zero-order valence-corrected chi connectivity index (χ0v) is 13.4. The highest BCUT2D eigenvalue weighted by Gasteiger charge is 2.40. The van der Waals surface area contributed by atoms with Crippen molar-refractivity contribution in [2.24, 2.45) is 0 Å². The lowest BCUT2D eigenvalue weighted by Gasteiger charge is -2.42. The average molecular weight is 282 g/mol. The van der Waals surface area contributed by atoms with Crippen LogP contribution in [-0.4, -0.2) is 34.8 Å². The van der Waals surface area contributed by atoms with Crippen molar-refractivity contribution in [1.29, 1.82) is 0 Å². The van der Waals surface area contributed by atoms with E-state index < -0.39 is 0 Å². The molecule has 1 fully saturated rings. The van der Waals surface area contributed by atoms with E-state index in [0.29, 0.717) is 12.8 Å². The van der Waals surface area contributed by atoms with E-state index in [-0.39, 0.29) is 29.9 Å². The third kappa shape index (κ3) is 3.97. The second-order valence-corrected chi connectivity index (χ2v) is 5.84. The van der Waals surface area contributed by atoms with Gasteiger partial charge in [0, 0.05) is 6.04 Å². The van der Waals surface area contributed by atoms with Gasteiger partial charge in [0.15, 0.2) is 0 Å². The summed E-state index contributed by atoms with van der Waals surface area (Å²) in [7, 11) is 0. The summed E-state index contributed by atoms with van der Waals surface area (Å²) in [6.45, 7) is 8.19. The lowest BCUT2D eigenvalue weighted by molar-refractivity contribution is -0.152. The van der Waals surface area contributed by atoms with Gasteiger partial charge in [-0.1, -0.05) is 46.5 Å². The number of carbonyl (C=O) groups is 2. The summed E-state index contributed by atoms with van der Waals surface area (Å²) >= 11 is 0. The maximum atomic E-state index is 12.5. The Morgan fingerprint density at radius 3 is 2.35 bits per heavy atom. The highest BCUT2D eigenvalue weighted by Crippen LogP contribution is 2.21. The van der Waals surface area contributed by atoms with Gasteiger partial charge in [0.2, 0.25) is 11.8 Å². The van der Waals surface area contributed by atoms with Crippen LogP contribution in [0.3, 0.4) is 0 Å². The standard InChI is InChI=1S/C16H30N2O2/c1-5-8-9-10-11-12(4)18-14(7-3)15(19)17-13(6-2)16(18)20/h12-14H,5-11H2,1-4H3,(H,17,19). The molecular formula is C16H30N2O2. The molecule has 1 aliphatic rings. The molecule has 1 rings (SSSR count). The number of rotatable bonds is 8. The normalized spacial score (nSPS) is 24.7. The molecule has 0 aliphatic carbocycles. The fourth-order valence-electron chi connectivity index (χ4n) is 2.98. The van der Waals surface area contributed by atoms with Crippen LogP contribution < -0.4 is 5.32 Å². The van der Waals surface area contributed by atoms with Gasteiger partial charge in [-0.15, -0.1) is 0 Å². The van der Waals surface area contributed by atoms with Gasteiger partial charge in [0.05, 0.1) is 0 Å². The predicted octanol–water partition coefficient (Wildman–Crippen LogP) is 2.86. The van der Waals surface area contributed by atoms with Gasteiger partial charge in [-0.3, -0.25) is 9.59 Å². The van der Waals surface area contributed by atoms with E-state index in [1.165, 1.54) is 19.3 Å². The minimum atomic E-state index is -0.330. The molecule has 116 valence electrons. The first-order valence-corrected chi connectivity index (χ1v) is 8.19. The minimum absolute atomic E-state index is 0.0133. The van der Waals surface area contributed by atoms with Crippen LogP contribution in [0.4, 0.5) is 0 Å². The highest BCUT2D eigenvalue weighted by atomic mass is 16.2. The SMILES string of the molecule is CCCCCCC(C)N1C(=O)C(CC)NC(=O)C1CC. The van der Waals surface area contributed by atoms with E-state index in [9.17, 15) is 9.59 Å². The fraction of sp³-hybridized carbons (Fsp3) is 0.875. The Morgan fingerprint density at radius 2 is 1.80 bits per heavy atom. The number of nitrogens with zero attached hydrogens (tertiary/aromatic N) is 1. The number of amides is 2. The van der Waals surface area contributed by atoms with E-state index in [0.717, 1.165) is 12.8 Å². The minimum Gasteiger partial charge on any atom is -0.343 e. The number of nitrogens with one attached hydrogen (secondary N) is 1. The van der Waals surface area contributed by atoms with Crippen molar-refractivity contribution in [2.45, 2.75) is 90.8 Å². The zero-order valence-electron chi connectivity index (χ0n) is 13.4. The molecule has 0 aromatic carbocycles. The highest BCUT2D eigenvalue weighted by molar-refractivity contribution is 5.97. The van der Waals surface area contributed by atoms with E-state index in [2.05, 4.69) is 19.2 Å². The van der Waals surface area contributed by atoms with Crippen molar-refractivity contribution >= 4 is 11.8 Å². The van der Waals surface area contributed by atoms with Crippen LogP contribution in [0.2, 0.25) is 0 Å². The molecule has 0 spiro atoms. The molecule has 4 heteroatoms. The number of hydrogen-bond donors (Lipinski definition) is 1. The lowest BCUT2D eigenvalue weighted by atomic mass is 9.98. The van der Waals surface area contributed by atoms with Crippen LogP contribution in [-0.2, 0) is 9.59 Å². The first-order chi connectivity index (χ1) is 9.56. The molecule has 0 bridgehead atoms. The Labute approximate surface area is 123 Å². The van der Waals surface area contributed by atoms with Crippen LogP contribution in [0, 0.1) is 0 Å². The van der Waals surface area contributed by atoms with Gasteiger partial charge in [-0.2, -0.15) is 0 Å². The van der Waals surface area contributed by atoms with E-state index in [4.69, 9.17) is 0 Å². The first kappa shape index (κ1) is 17.0. The Balaban J connectivity index is 2.69. The molecule has 3 unspecified atom stereocenters. The molecule has 1 aliphatic heterocycles. The van der Waals surface area contributed by atoms with Gasteiger partial charge in [0.25, 0.3) is 0 Å². The summed E-state index contributed by atoms with van der Waals surface area (Å²) in [6, 6.07) is -0.459. The van der Waals surface area contributed by atoms with Gasteiger partial charge in [0.1, 0.15) is 12.1 Å². The van der Waals surface area contributed by atoms with Gasteiger partial charge < -0.3 is 10.2 Å². The average Bonchev–Trinajstić information content (AvgIpc) is 2.44. The summed E-state index contributed by atoms with van der Waals surface area (Å²) < 4.78 is 0. The van der Waals surface area contributed by atoms with Crippen LogP contribution in [0.1, 0.15) is 72.6 Å². The van der Waals surface area contributed by atoms with E-state index in [1.807, 2.05) is 18.7 Å². The van der Waals surface area contributed by atoms with Gasteiger partial charge in [-0.05, 0) is 26.2 Å². The number of carbonyl (C=O) groups excluding carboxylic acids is 2. The van der Waals surface area contributed by atoms with Crippen LogP contribution in [0.15, 0.2) is 0 Å². The topological polar surface area (TPSA) is 49.4 Å². The van der Waals surface area contributed by atoms with Crippen molar-refractivity contribution in [2.75, 3.05) is 0 Å². The Bertz CT molecular complexity index is 330. The molecule has 2 amide bonds. The third-order valence-electron chi connectivity index (χ3n) is 4.25. The summed E-state index contributed by atoms with van der Waals surface area (Å²) in [5.74, 6) is 0.112. The summed E-state index contributed by atoms with van der Waals surface area (Å²) in [6.07, 6.45) is 7.15. The Morgan fingerprint density at radius 1 is 1.10 bits per heavy atom. The molecule has 0 aromatic heterocycles. The molecule has 0 aromatic rings. The van der Waals surface area contributed by atoms with E-state index in [1.54, 1.807) is 0 Å². The van der Waals surface area contributed by atoms with Crippen molar-refractivity contribution in [3.05, 3.63) is 0 Å². The number of piperazine rings is 1. The zero-order chi connectivity index (χ0) is 15.1. The molecule has 4 nitrogen and oxygen atoms in total. The van der Waals surface area contributed by atoms with Gasteiger partial charge in [-0.25, -0.2) is 0 Å². The Kier molecular flexibility index (Phi) is 7.03. The molecule has 20 heavy (non-hydrogen) atoms. The van der Waals surface area contributed by atoms with Crippen molar-refractivity contribution in [1.82, 2.24) is 10.2 Å². The fourth-order valence-corrected chi connectivity index (χ4v) is 2.98. The summed E-state index contributed by atoms with van der Waals surface area (Å²) in [5, 5.41) is 2.85. The lowest BCUT2D eigenvalue weighted by Crippen LogP contribution is -2.65. The Hall–Kier alpha value is -1.06. The molecule has 1 saturated heterocycles. The maximum absolute atomic E-state index is 12.5. The smallest absolute Gasteiger partial charge is 0.246 e. The number of hydrogen-bond acceptors (Lipinski definition) is 2. The molecule has 0 radical (unpaired) electrons. The summed E-state index contributed by atoms with van der Waals surface area (Å²) in [5.41, 5.74) is 0. The maximum Gasteiger partial charge on any atom is 0.246 e. The van der Waals surface area contributed by atoms with Gasteiger partial charge >= 0.3 is 0 Å². The largest absolute Gasteiger partial charge is 0.343 e. The first-order valence-electron chi connectivity index (χ1n) is 8.19. The van der Waals surface area contributed by atoms with Crippen molar-refractivity contribution in [3.63, 3.8) is 0 Å². The predicted molar refractivity (Wildman–Crippen MR) is 81.4 cm³/mol. The van der Waals surface area contributed by atoms with Crippen LogP contribution >= 0.6 is 0 Å². The van der Waals surface area contributed by atoms with Crippen LogP contribution in [0.25, 0.3) is 0 Å². The second kappa shape index (κ2) is 8.28. The summed E-state index contributed by atoms with van der Waals surface area (Å²) in [4.78, 5) is 26.5. The number of unbranched alkanes of at least 4 members (excludes halogenated alkanes) is 3. The van der Waals surface area contributed by atoms with Crippen LogP contribution in [0.5, 0.6) is 0 Å². The molecule has 1 heterocycles.